The maximum absolute atomic E-state index is 9.62. The zero-order chi connectivity index (χ0) is 15.7. The molecule has 0 aliphatic heterocycles. The molecule has 3 rings (SSSR count). The molecule has 0 aliphatic carbocycles. The molecule has 112 valence electrons. The lowest BCUT2D eigenvalue weighted by Gasteiger charge is -2.04. The number of hydrogen-bond donors (Lipinski definition) is 3. The highest BCUT2D eigenvalue weighted by atomic mass is 32.1. The SMILES string of the molecule is Cn1c(-c2ccc(O)c(O)c2)csc1=Nc1ccc(O)cc1. The number of phenolic OH excluding ortho intramolecular Hbond substituents is 3. The van der Waals surface area contributed by atoms with Crippen molar-refractivity contribution in [2.24, 2.45) is 12.0 Å². The van der Waals surface area contributed by atoms with Crippen LogP contribution in [0.25, 0.3) is 11.3 Å². The molecule has 3 aromatic rings. The number of aromatic hydroxyl groups is 3. The second-order valence-electron chi connectivity index (χ2n) is 4.79. The zero-order valence-electron chi connectivity index (χ0n) is 11.8. The summed E-state index contributed by atoms with van der Waals surface area (Å²) >= 11 is 1.47. The van der Waals surface area contributed by atoms with Gasteiger partial charge in [0.1, 0.15) is 5.75 Å². The summed E-state index contributed by atoms with van der Waals surface area (Å²) in [5.74, 6) is -0.0916. The van der Waals surface area contributed by atoms with Crippen LogP contribution in [0.2, 0.25) is 0 Å². The average molecular weight is 314 g/mol. The van der Waals surface area contributed by atoms with Gasteiger partial charge in [0.25, 0.3) is 0 Å². The van der Waals surface area contributed by atoms with Crippen LogP contribution >= 0.6 is 11.3 Å². The van der Waals surface area contributed by atoms with E-state index >= 15 is 0 Å². The van der Waals surface area contributed by atoms with Crippen LogP contribution in [0.15, 0.2) is 52.8 Å². The first kappa shape index (κ1) is 14.2. The maximum Gasteiger partial charge on any atom is 0.190 e. The van der Waals surface area contributed by atoms with Gasteiger partial charge in [-0.2, -0.15) is 0 Å². The fourth-order valence-corrected chi connectivity index (χ4v) is 2.98. The first-order valence-corrected chi connectivity index (χ1v) is 7.43. The Bertz CT molecular complexity index is 879. The van der Waals surface area contributed by atoms with E-state index in [1.807, 2.05) is 17.0 Å². The van der Waals surface area contributed by atoms with Gasteiger partial charge in [-0.05, 0) is 42.5 Å². The number of benzene rings is 2. The van der Waals surface area contributed by atoms with Crippen LogP contribution in [0.3, 0.4) is 0 Å². The highest BCUT2D eigenvalue weighted by Gasteiger charge is 2.07. The molecular formula is C16H14N2O3S. The smallest absolute Gasteiger partial charge is 0.190 e. The van der Waals surface area contributed by atoms with Crippen LogP contribution in [-0.2, 0) is 7.05 Å². The zero-order valence-corrected chi connectivity index (χ0v) is 12.6. The Morgan fingerprint density at radius 1 is 0.955 bits per heavy atom. The summed E-state index contributed by atoms with van der Waals surface area (Å²) < 4.78 is 1.91. The standard InChI is InChI=1S/C16H14N2O3S/c1-18-13(10-2-7-14(20)15(21)8-10)9-22-16(18)17-11-3-5-12(19)6-4-11/h2-9,19-21H,1H3. The van der Waals surface area contributed by atoms with E-state index in [9.17, 15) is 15.3 Å². The van der Waals surface area contributed by atoms with Crippen molar-refractivity contribution in [2.75, 3.05) is 0 Å². The highest BCUT2D eigenvalue weighted by molar-refractivity contribution is 7.07. The monoisotopic (exact) mass is 314 g/mol. The Hall–Kier alpha value is -2.73. The van der Waals surface area contributed by atoms with E-state index in [2.05, 4.69) is 4.99 Å². The average Bonchev–Trinajstić information content (AvgIpc) is 2.86. The molecule has 6 heteroatoms. The predicted molar refractivity (Wildman–Crippen MR) is 85.4 cm³/mol. The highest BCUT2D eigenvalue weighted by Crippen LogP contribution is 2.30. The van der Waals surface area contributed by atoms with E-state index in [0.717, 1.165) is 21.7 Å². The van der Waals surface area contributed by atoms with Crippen LogP contribution in [0.4, 0.5) is 5.69 Å². The van der Waals surface area contributed by atoms with E-state index in [1.165, 1.54) is 23.5 Å². The van der Waals surface area contributed by atoms with Gasteiger partial charge in [0, 0.05) is 18.0 Å². The van der Waals surface area contributed by atoms with Gasteiger partial charge in [0.2, 0.25) is 0 Å². The van der Waals surface area contributed by atoms with Crippen LogP contribution in [0, 0.1) is 0 Å². The molecule has 0 saturated heterocycles. The van der Waals surface area contributed by atoms with Gasteiger partial charge in [-0.1, -0.05) is 0 Å². The van der Waals surface area contributed by atoms with Crippen LogP contribution in [0.5, 0.6) is 17.2 Å². The molecule has 2 aromatic carbocycles. The number of nitrogens with zero attached hydrogens (tertiary/aromatic N) is 2. The van der Waals surface area contributed by atoms with Crippen LogP contribution in [-0.4, -0.2) is 19.9 Å². The summed E-state index contributed by atoms with van der Waals surface area (Å²) in [6.45, 7) is 0. The Labute approximate surface area is 130 Å². The van der Waals surface area contributed by atoms with Gasteiger partial charge in [0.05, 0.1) is 11.4 Å². The molecule has 1 aromatic heterocycles. The minimum absolute atomic E-state index is 0.143. The van der Waals surface area contributed by atoms with Gasteiger partial charge in [-0.15, -0.1) is 11.3 Å². The molecule has 1 heterocycles. The normalized spacial score (nSPS) is 11.8. The van der Waals surface area contributed by atoms with Gasteiger partial charge in [0.15, 0.2) is 16.3 Å². The van der Waals surface area contributed by atoms with Gasteiger partial charge in [-0.3, -0.25) is 0 Å². The van der Waals surface area contributed by atoms with Crippen molar-refractivity contribution in [3.63, 3.8) is 0 Å². The molecule has 0 unspecified atom stereocenters. The summed E-state index contributed by atoms with van der Waals surface area (Å²) in [7, 11) is 1.88. The number of aromatic nitrogens is 1. The molecule has 0 amide bonds. The minimum atomic E-state index is -0.152. The predicted octanol–water partition coefficient (Wildman–Crippen LogP) is 3.10. The Morgan fingerprint density at radius 3 is 2.36 bits per heavy atom. The lowest BCUT2D eigenvalue weighted by molar-refractivity contribution is 0.404. The van der Waals surface area contributed by atoms with Crippen molar-refractivity contribution >= 4 is 17.0 Å². The topological polar surface area (TPSA) is 78.0 Å². The van der Waals surface area contributed by atoms with Gasteiger partial charge >= 0.3 is 0 Å². The third kappa shape index (κ3) is 2.68. The van der Waals surface area contributed by atoms with Crippen LogP contribution in [0.1, 0.15) is 0 Å². The molecule has 0 aliphatic rings. The fraction of sp³-hybridized carbons (Fsp3) is 0.0625. The molecular weight excluding hydrogens is 300 g/mol. The number of hydrogen-bond acceptors (Lipinski definition) is 5. The third-order valence-corrected chi connectivity index (χ3v) is 4.19. The number of thiazole rings is 1. The van der Waals surface area contributed by atoms with Crippen molar-refractivity contribution in [2.45, 2.75) is 0 Å². The van der Waals surface area contributed by atoms with Crippen molar-refractivity contribution < 1.29 is 15.3 Å². The number of rotatable bonds is 2. The number of phenols is 3. The summed E-state index contributed by atoms with van der Waals surface area (Å²) in [5.41, 5.74) is 2.43. The van der Waals surface area contributed by atoms with Crippen LogP contribution < -0.4 is 4.80 Å². The first-order valence-electron chi connectivity index (χ1n) is 6.55. The summed E-state index contributed by atoms with van der Waals surface area (Å²) in [4.78, 5) is 5.31. The summed E-state index contributed by atoms with van der Waals surface area (Å²) in [6.07, 6.45) is 0. The van der Waals surface area contributed by atoms with Crippen molar-refractivity contribution in [3.8, 4) is 28.5 Å². The Balaban J connectivity index is 2.04. The van der Waals surface area contributed by atoms with Gasteiger partial charge < -0.3 is 19.9 Å². The third-order valence-electron chi connectivity index (χ3n) is 3.27. The molecule has 0 radical (unpaired) electrons. The Kier molecular flexibility index (Phi) is 3.60. The fourth-order valence-electron chi connectivity index (χ4n) is 2.05. The molecule has 5 nitrogen and oxygen atoms in total. The lowest BCUT2D eigenvalue weighted by atomic mass is 10.1. The summed E-state index contributed by atoms with van der Waals surface area (Å²) in [5, 5.41) is 30.2. The van der Waals surface area contributed by atoms with E-state index in [-0.39, 0.29) is 17.2 Å². The molecule has 0 fully saturated rings. The Morgan fingerprint density at radius 2 is 1.68 bits per heavy atom. The largest absolute Gasteiger partial charge is 0.508 e. The quantitative estimate of drug-likeness (QED) is 0.636. The molecule has 3 N–H and O–H groups in total. The van der Waals surface area contributed by atoms with Crippen molar-refractivity contribution in [3.05, 3.63) is 52.6 Å². The van der Waals surface area contributed by atoms with E-state index in [0.29, 0.717) is 0 Å². The minimum Gasteiger partial charge on any atom is -0.508 e. The molecule has 0 saturated carbocycles. The van der Waals surface area contributed by atoms with Crippen molar-refractivity contribution in [1.82, 2.24) is 4.57 Å². The molecule has 22 heavy (non-hydrogen) atoms. The second-order valence-corrected chi connectivity index (χ2v) is 5.63. The van der Waals surface area contributed by atoms with Gasteiger partial charge in [-0.25, -0.2) is 4.99 Å². The maximum atomic E-state index is 9.62. The second kappa shape index (κ2) is 5.57. The van der Waals surface area contributed by atoms with Crippen molar-refractivity contribution in [1.29, 1.82) is 0 Å². The molecule has 0 atom stereocenters. The van der Waals surface area contributed by atoms with E-state index in [1.54, 1.807) is 30.3 Å². The van der Waals surface area contributed by atoms with E-state index < -0.39 is 0 Å². The first-order chi connectivity index (χ1) is 10.5. The molecule has 0 spiro atoms. The summed E-state index contributed by atoms with van der Waals surface area (Å²) in [6, 6.07) is 11.4. The lowest BCUT2D eigenvalue weighted by Crippen LogP contribution is -2.10. The molecule has 0 bridgehead atoms. The van der Waals surface area contributed by atoms with E-state index in [4.69, 9.17) is 0 Å².